The molecule has 0 bridgehead atoms. The number of aromatic nitrogens is 3. The molecule has 6 heteroatoms. The number of hydrogen-bond acceptors (Lipinski definition) is 4. The first-order chi connectivity index (χ1) is 13.2. The largest absolute Gasteiger partial charge is 0.497 e. The second kappa shape index (κ2) is 8.98. The van der Waals surface area contributed by atoms with Crippen LogP contribution in [0.1, 0.15) is 30.3 Å². The molecule has 0 fully saturated rings. The van der Waals surface area contributed by atoms with Crippen LogP contribution in [0.2, 0.25) is 0 Å². The van der Waals surface area contributed by atoms with E-state index in [0.717, 1.165) is 22.7 Å². The van der Waals surface area contributed by atoms with E-state index in [1.54, 1.807) is 25.7 Å². The third kappa shape index (κ3) is 4.94. The number of methoxy groups -OCH3 is 1. The Balaban J connectivity index is 1.76. The number of rotatable bonds is 8. The van der Waals surface area contributed by atoms with Crippen molar-refractivity contribution in [2.75, 3.05) is 7.11 Å². The number of imidazole rings is 1. The molecule has 1 amide bonds. The van der Waals surface area contributed by atoms with Gasteiger partial charge in [0.15, 0.2) is 0 Å². The number of nitrogens with zero attached hydrogens (tertiary/aromatic N) is 4. The van der Waals surface area contributed by atoms with E-state index in [4.69, 9.17) is 4.74 Å². The first-order valence-corrected chi connectivity index (χ1v) is 8.99. The summed E-state index contributed by atoms with van der Waals surface area (Å²) in [5.41, 5.74) is 2.12. The Labute approximate surface area is 159 Å². The van der Waals surface area contributed by atoms with Gasteiger partial charge in [0.2, 0.25) is 5.91 Å². The fraction of sp³-hybridized carbons (Fsp3) is 0.286. The lowest BCUT2D eigenvalue weighted by atomic mass is 10.2. The number of benzene rings is 1. The summed E-state index contributed by atoms with van der Waals surface area (Å²) in [4.78, 5) is 22.9. The van der Waals surface area contributed by atoms with Crippen LogP contribution in [0.25, 0.3) is 0 Å². The summed E-state index contributed by atoms with van der Waals surface area (Å²) in [6.07, 6.45) is 7.69. The Morgan fingerprint density at radius 1 is 1.15 bits per heavy atom. The molecule has 140 valence electrons. The number of carbonyl (C=O) groups is 1. The molecule has 3 rings (SSSR count). The zero-order chi connectivity index (χ0) is 19.1. The van der Waals surface area contributed by atoms with Crippen LogP contribution in [0.3, 0.4) is 0 Å². The SMILES string of the molecule is CCC(=O)N(Cc1cccnc1)Cc1nccn1Cc1cccc(OC)c1. The molecule has 0 N–H and O–H groups in total. The summed E-state index contributed by atoms with van der Waals surface area (Å²) in [6, 6.07) is 11.8. The summed E-state index contributed by atoms with van der Waals surface area (Å²) in [6.45, 7) is 3.53. The van der Waals surface area contributed by atoms with Gasteiger partial charge in [0.25, 0.3) is 0 Å². The van der Waals surface area contributed by atoms with Crippen LogP contribution in [0.15, 0.2) is 61.2 Å². The summed E-state index contributed by atoms with van der Waals surface area (Å²) < 4.78 is 7.36. The van der Waals surface area contributed by atoms with Gasteiger partial charge < -0.3 is 14.2 Å². The molecule has 0 aliphatic heterocycles. The van der Waals surface area contributed by atoms with Gasteiger partial charge in [-0.3, -0.25) is 9.78 Å². The maximum absolute atomic E-state index is 12.4. The molecule has 3 aromatic rings. The standard InChI is InChI=1S/C21H24N4O2/c1-3-21(26)25(15-18-7-5-9-22-13-18)16-20-23-10-11-24(20)14-17-6-4-8-19(12-17)27-2/h4-13H,3,14-16H2,1-2H3. The van der Waals surface area contributed by atoms with Gasteiger partial charge in [0.05, 0.1) is 13.7 Å². The second-order valence-corrected chi connectivity index (χ2v) is 6.29. The van der Waals surface area contributed by atoms with E-state index >= 15 is 0 Å². The lowest BCUT2D eigenvalue weighted by Gasteiger charge is -2.22. The van der Waals surface area contributed by atoms with E-state index in [-0.39, 0.29) is 5.91 Å². The first-order valence-electron chi connectivity index (χ1n) is 8.99. The number of ether oxygens (including phenoxy) is 1. The predicted octanol–water partition coefficient (Wildman–Crippen LogP) is 3.27. The van der Waals surface area contributed by atoms with Crippen LogP contribution < -0.4 is 4.74 Å². The van der Waals surface area contributed by atoms with Crippen molar-refractivity contribution >= 4 is 5.91 Å². The molecular weight excluding hydrogens is 340 g/mol. The van der Waals surface area contributed by atoms with Crippen LogP contribution >= 0.6 is 0 Å². The molecule has 27 heavy (non-hydrogen) atoms. The van der Waals surface area contributed by atoms with E-state index in [1.807, 2.05) is 48.4 Å². The molecule has 0 saturated carbocycles. The molecule has 0 atom stereocenters. The number of carbonyl (C=O) groups excluding carboxylic acids is 1. The van der Waals surface area contributed by atoms with Gasteiger partial charge in [-0.25, -0.2) is 4.98 Å². The molecule has 0 unspecified atom stereocenters. The Morgan fingerprint density at radius 3 is 2.74 bits per heavy atom. The van der Waals surface area contributed by atoms with Crippen molar-refractivity contribution in [1.29, 1.82) is 0 Å². The molecule has 0 saturated heterocycles. The van der Waals surface area contributed by atoms with Crippen LogP contribution in [0, 0.1) is 0 Å². The van der Waals surface area contributed by atoms with Gasteiger partial charge in [-0.15, -0.1) is 0 Å². The minimum atomic E-state index is 0.0924. The Kier molecular flexibility index (Phi) is 6.20. The zero-order valence-electron chi connectivity index (χ0n) is 15.7. The number of hydrogen-bond donors (Lipinski definition) is 0. The van der Waals surface area contributed by atoms with Crippen molar-refractivity contribution < 1.29 is 9.53 Å². The molecule has 0 aliphatic rings. The third-order valence-electron chi connectivity index (χ3n) is 4.37. The topological polar surface area (TPSA) is 60.2 Å². The first kappa shape index (κ1) is 18.6. The third-order valence-corrected chi connectivity index (χ3v) is 4.37. The monoisotopic (exact) mass is 364 g/mol. The fourth-order valence-corrected chi connectivity index (χ4v) is 2.94. The molecule has 1 aromatic carbocycles. The van der Waals surface area contributed by atoms with Gasteiger partial charge in [0.1, 0.15) is 11.6 Å². The van der Waals surface area contributed by atoms with Gasteiger partial charge in [0, 0.05) is 44.3 Å². The highest BCUT2D eigenvalue weighted by molar-refractivity contribution is 5.75. The minimum absolute atomic E-state index is 0.0924. The Morgan fingerprint density at radius 2 is 2.00 bits per heavy atom. The zero-order valence-corrected chi connectivity index (χ0v) is 15.7. The molecule has 6 nitrogen and oxygen atoms in total. The molecule has 0 aliphatic carbocycles. The molecule has 0 radical (unpaired) electrons. The van der Waals surface area contributed by atoms with Gasteiger partial charge in [-0.05, 0) is 29.3 Å². The molecule has 2 aromatic heterocycles. The maximum atomic E-state index is 12.4. The molecule has 2 heterocycles. The highest BCUT2D eigenvalue weighted by Gasteiger charge is 2.16. The second-order valence-electron chi connectivity index (χ2n) is 6.29. The van der Waals surface area contributed by atoms with Crippen LogP contribution in [0.5, 0.6) is 5.75 Å². The summed E-state index contributed by atoms with van der Waals surface area (Å²) in [5.74, 6) is 1.77. The summed E-state index contributed by atoms with van der Waals surface area (Å²) in [5, 5.41) is 0. The van der Waals surface area contributed by atoms with Crippen LogP contribution in [0.4, 0.5) is 0 Å². The lowest BCUT2D eigenvalue weighted by Crippen LogP contribution is -2.30. The Bertz CT molecular complexity index is 877. The van der Waals surface area contributed by atoms with Crippen LogP contribution in [-0.4, -0.2) is 32.5 Å². The summed E-state index contributed by atoms with van der Waals surface area (Å²) in [7, 11) is 1.66. The van der Waals surface area contributed by atoms with Gasteiger partial charge in [-0.2, -0.15) is 0 Å². The predicted molar refractivity (Wildman–Crippen MR) is 103 cm³/mol. The van der Waals surface area contributed by atoms with E-state index in [0.29, 0.717) is 26.1 Å². The summed E-state index contributed by atoms with van der Waals surface area (Å²) >= 11 is 0. The fourth-order valence-electron chi connectivity index (χ4n) is 2.94. The average molecular weight is 364 g/mol. The van der Waals surface area contributed by atoms with Crippen molar-refractivity contribution in [2.45, 2.75) is 33.0 Å². The number of amides is 1. The van der Waals surface area contributed by atoms with Crippen molar-refractivity contribution in [1.82, 2.24) is 19.4 Å². The quantitative estimate of drug-likeness (QED) is 0.615. The lowest BCUT2D eigenvalue weighted by molar-refractivity contribution is -0.132. The van der Waals surface area contributed by atoms with Crippen molar-refractivity contribution in [3.05, 3.63) is 78.1 Å². The maximum Gasteiger partial charge on any atom is 0.222 e. The van der Waals surface area contributed by atoms with Gasteiger partial charge in [-0.1, -0.05) is 25.1 Å². The number of pyridine rings is 1. The normalized spacial score (nSPS) is 10.6. The highest BCUT2D eigenvalue weighted by Crippen LogP contribution is 2.16. The van der Waals surface area contributed by atoms with Crippen LogP contribution in [-0.2, 0) is 24.4 Å². The highest BCUT2D eigenvalue weighted by atomic mass is 16.5. The van der Waals surface area contributed by atoms with Gasteiger partial charge >= 0.3 is 0 Å². The van der Waals surface area contributed by atoms with Crippen molar-refractivity contribution in [2.24, 2.45) is 0 Å². The minimum Gasteiger partial charge on any atom is -0.497 e. The Hall–Kier alpha value is -3.15. The van der Waals surface area contributed by atoms with E-state index in [1.165, 1.54) is 0 Å². The average Bonchev–Trinajstić information content (AvgIpc) is 3.14. The van der Waals surface area contributed by atoms with E-state index < -0.39 is 0 Å². The molecular formula is C21H24N4O2. The molecule has 0 spiro atoms. The van der Waals surface area contributed by atoms with Crippen molar-refractivity contribution in [3.8, 4) is 5.75 Å². The van der Waals surface area contributed by atoms with Crippen molar-refractivity contribution in [3.63, 3.8) is 0 Å². The van der Waals surface area contributed by atoms with E-state index in [2.05, 4.69) is 20.6 Å². The smallest absolute Gasteiger partial charge is 0.222 e. The van der Waals surface area contributed by atoms with E-state index in [9.17, 15) is 4.79 Å².